The molecule has 2 rings (SSSR count). The van der Waals surface area contributed by atoms with E-state index in [4.69, 9.17) is 11.6 Å². The minimum Gasteiger partial charge on any atom is -0.310 e. The second-order valence-electron chi connectivity index (χ2n) is 4.81. The van der Waals surface area contributed by atoms with Crippen molar-refractivity contribution in [3.05, 3.63) is 15.5 Å². The first-order valence-electron chi connectivity index (χ1n) is 6.05. The molecule has 0 saturated heterocycles. The minimum atomic E-state index is 0.781. The second kappa shape index (κ2) is 5.99. The van der Waals surface area contributed by atoms with Crippen LogP contribution in [0.4, 0.5) is 0 Å². The van der Waals surface area contributed by atoms with Crippen LogP contribution in [0.2, 0.25) is 4.34 Å². The number of halogens is 1. The standard InChI is InChI=1S/C12H19ClN2S/c1-9-2-4-10(5-3-9)6-14-8-12-15-7-11(13)16-12/h7,9-10,14H,2-6,8H2,1H3. The van der Waals surface area contributed by atoms with Gasteiger partial charge in [-0.15, -0.1) is 11.3 Å². The number of nitrogens with zero attached hydrogens (tertiary/aromatic N) is 1. The molecule has 0 amide bonds. The lowest BCUT2D eigenvalue weighted by atomic mass is 9.83. The Hall–Kier alpha value is -0.120. The summed E-state index contributed by atoms with van der Waals surface area (Å²) in [7, 11) is 0. The van der Waals surface area contributed by atoms with E-state index in [1.54, 1.807) is 17.5 Å². The van der Waals surface area contributed by atoms with Crippen LogP contribution in [0.5, 0.6) is 0 Å². The van der Waals surface area contributed by atoms with Gasteiger partial charge in [-0.1, -0.05) is 31.4 Å². The molecule has 2 nitrogen and oxygen atoms in total. The molecule has 0 radical (unpaired) electrons. The van der Waals surface area contributed by atoms with E-state index in [0.29, 0.717) is 0 Å². The number of nitrogens with one attached hydrogen (secondary N) is 1. The molecule has 0 atom stereocenters. The Kier molecular flexibility index (Phi) is 4.62. The molecule has 1 aliphatic carbocycles. The lowest BCUT2D eigenvalue weighted by Gasteiger charge is -2.26. The Labute approximate surface area is 106 Å². The SMILES string of the molecule is CC1CCC(CNCc2ncc(Cl)s2)CC1. The molecule has 0 bridgehead atoms. The highest BCUT2D eigenvalue weighted by molar-refractivity contribution is 7.15. The van der Waals surface area contributed by atoms with Gasteiger partial charge in [-0.05, 0) is 31.2 Å². The number of aromatic nitrogens is 1. The summed E-state index contributed by atoms with van der Waals surface area (Å²) in [6.45, 7) is 4.36. The molecule has 4 heteroatoms. The highest BCUT2D eigenvalue weighted by Crippen LogP contribution is 2.27. The molecular weight excluding hydrogens is 240 g/mol. The fourth-order valence-electron chi connectivity index (χ4n) is 2.29. The molecule has 1 N–H and O–H groups in total. The molecule has 0 unspecified atom stereocenters. The van der Waals surface area contributed by atoms with Gasteiger partial charge in [0.2, 0.25) is 0 Å². The Morgan fingerprint density at radius 1 is 1.44 bits per heavy atom. The molecule has 1 aliphatic rings. The highest BCUT2D eigenvalue weighted by atomic mass is 35.5. The van der Waals surface area contributed by atoms with Gasteiger partial charge >= 0.3 is 0 Å². The van der Waals surface area contributed by atoms with Gasteiger partial charge in [-0.25, -0.2) is 4.98 Å². The van der Waals surface area contributed by atoms with Gasteiger partial charge in [-0.3, -0.25) is 0 Å². The maximum Gasteiger partial charge on any atom is 0.113 e. The van der Waals surface area contributed by atoms with Crippen LogP contribution in [-0.2, 0) is 6.54 Å². The Morgan fingerprint density at radius 3 is 2.81 bits per heavy atom. The van der Waals surface area contributed by atoms with E-state index in [1.807, 2.05) is 0 Å². The zero-order chi connectivity index (χ0) is 11.4. The van der Waals surface area contributed by atoms with E-state index in [1.165, 1.54) is 25.7 Å². The summed E-state index contributed by atoms with van der Waals surface area (Å²) in [5, 5.41) is 4.58. The van der Waals surface area contributed by atoms with Gasteiger partial charge < -0.3 is 5.32 Å². The van der Waals surface area contributed by atoms with Crippen LogP contribution < -0.4 is 5.32 Å². The topological polar surface area (TPSA) is 24.9 Å². The van der Waals surface area contributed by atoms with Gasteiger partial charge in [0.15, 0.2) is 0 Å². The minimum absolute atomic E-state index is 0.781. The quantitative estimate of drug-likeness (QED) is 0.891. The summed E-state index contributed by atoms with van der Waals surface area (Å²) in [4.78, 5) is 4.23. The van der Waals surface area contributed by atoms with Crippen LogP contribution in [0.15, 0.2) is 6.20 Å². The summed E-state index contributed by atoms with van der Waals surface area (Å²) < 4.78 is 0.781. The molecule has 0 spiro atoms. The van der Waals surface area contributed by atoms with Gasteiger partial charge in [-0.2, -0.15) is 0 Å². The van der Waals surface area contributed by atoms with Crippen molar-refractivity contribution in [3.8, 4) is 0 Å². The molecule has 1 saturated carbocycles. The van der Waals surface area contributed by atoms with E-state index in [2.05, 4.69) is 17.2 Å². The first kappa shape index (κ1) is 12.3. The summed E-state index contributed by atoms with van der Waals surface area (Å²) >= 11 is 7.40. The summed E-state index contributed by atoms with van der Waals surface area (Å²) in [6.07, 6.45) is 7.29. The van der Waals surface area contributed by atoms with Crippen LogP contribution in [0.1, 0.15) is 37.6 Å². The molecule has 1 aromatic heterocycles. The molecule has 16 heavy (non-hydrogen) atoms. The predicted octanol–water partition coefficient (Wildman–Crippen LogP) is 3.71. The first-order chi connectivity index (χ1) is 7.74. The van der Waals surface area contributed by atoms with Crippen LogP contribution in [0.3, 0.4) is 0 Å². The largest absolute Gasteiger partial charge is 0.310 e. The third kappa shape index (κ3) is 3.72. The van der Waals surface area contributed by atoms with Crippen LogP contribution >= 0.6 is 22.9 Å². The second-order valence-corrected chi connectivity index (χ2v) is 6.56. The maximum atomic E-state index is 5.83. The zero-order valence-corrected chi connectivity index (χ0v) is 11.3. The van der Waals surface area contributed by atoms with Crippen molar-refractivity contribution in [2.24, 2.45) is 11.8 Å². The Balaban J connectivity index is 1.64. The van der Waals surface area contributed by atoms with E-state index in [-0.39, 0.29) is 0 Å². The fraction of sp³-hybridized carbons (Fsp3) is 0.750. The van der Waals surface area contributed by atoms with Crippen LogP contribution in [0, 0.1) is 11.8 Å². The van der Waals surface area contributed by atoms with Crippen molar-refractivity contribution in [3.63, 3.8) is 0 Å². The van der Waals surface area contributed by atoms with Gasteiger partial charge in [0.25, 0.3) is 0 Å². The van der Waals surface area contributed by atoms with E-state index in [9.17, 15) is 0 Å². The van der Waals surface area contributed by atoms with Crippen LogP contribution in [0.25, 0.3) is 0 Å². The highest BCUT2D eigenvalue weighted by Gasteiger charge is 2.17. The Bertz CT molecular complexity index is 319. The zero-order valence-electron chi connectivity index (χ0n) is 9.71. The van der Waals surface area contributed by atoms with Crippen molar-refractivity contribution in [1.82, 2.24) is 10.3 Å². The molecule has 0 aromatic carbocycles. The Morgan fingerprint density at radius 2 is 2.19 bits per heavy atom. The van der Waals surface area contributed by atoms with Crippen molar-refractivity contribution in [2.75, 3.05) is 6.54 Å². The lowest BCUT2D eigenvalue weighted by Crippen LogP contribution is -2.25. The number of thiazole rings is 1. The van der Waals surface area contributed by atoms with Crippen molar-refractivity contribution >= 4 is 22.9 Å². The monoisotopic (exact) mass is 258 g/mol. The van der Waals surface area contributed by atoms with E-state index >= 15 is 0 Å². The molecule has 90 valence electrons. The van der Waals surface area contributed by atoms with Gasteiger partial charge in [0.05, 0.1) is 6.20 Å². The molecule has 0 aliphatic heterocycles. The van der Waals surface area contributed by atoms with E-state index in [0.717, 1.165) is 34.3 Å². The average molecular weight is 259 g/mol. The number of hydrogen-bond acceptors (Lipinski definition) is 3. The number of rotatable bonds is 4. The third-order valence-electron chi connectivity index (χ3n) is 3.37. The predicted molar refractivity (Wildman–Crippen MR) is 70.0 cm³/mol. The first-order valence-corrected chi connectivity index (χ1v) is 7.24. The lowest BCUT2D eigenvalue weighted by molar-refractivity contribution is 0.281. The van der Waals surface area contributed by atoms with Gasteiger partial charge in [0, 0.05) is 6.54 Å². The maximum absolute atomic E-state index is 5.83. The average Bonchev–Trinajstić information content (AvgIpc) is 2.67. The van der Waals surface area contributed by atoms with E-state index < -0.39 is 0 Å². The fourth-order valence-corrected chi connectivity index (χ4v) is 3.21. The van der Waals surface area contributed by atoms with Crippen LogP contribution in [-0.4, -0.2) is 11.5 Å². The summed E-state index contributed by atoms with van der Waals surface area (Å²) in [5.41, 5.74) is 0. The summed E-state index contributed by atoms with van der Waals surface area (Å²) in [5.74, 6) is 1.81. The molecule has 1 heterocycles. The van der Waals surface area contributed by atoms with Crippen molar-refractivity contribution in [2.45, 2.75) is 39.2 Å². The van der Waals surface area contributed by atoms with Crippen molar-refractivity contribution < 1.29 is 0 Å². The van der Waals surface area contributed by atoms with Crippen molar-refractivity contribution in [1.29, 1.82) is 0 Å². The molecule has 1 fully saturated rings. The number of hydrogen-bond donors (Lipinski definition) is 1. The summed E-state index contributed by atoms with van der Waals surface area (Å²) in [6, 6.07) is 0. The molecular formula is C12H19ClN2S. The smallest absolute Gasteiger partial charge is 0.113 e. The van der Waals surface area contributed by atoms with Gasteiger partial charge in [0.1, 0.15) is 9.34 Å². The normalized spacial score (nSPS) is 25.9. The third-order valence-corrected chi connectivity index (χ3v) is 4.48. The molecule has 1 aromatic rings.